The second-order valence-electron chi connectivity index (χ2n) is 3.97. The van der Waals surface area contributed by atoms with E-state index in [0.29, 0.717) is 6.42 Å². The summed E-state index contributed by atoms with van der Waals surface area (Å²) in [6.07, 6.45) is 1.55. The van der Waals surface area contributed by atoms with E-state index in [4.69, 9.17) is 5.73 Å². The SMILES string of the molecule is CCc1cccc(C)c1NC(=O)[C@@H](N)CC. The Hall–Kier alpha value is -1.35. The smallest absolute Gasteiger partial charge is 0.241 e. The lowest BCUT2D eigenvalue weighted by atomic mass is 10.1. The fourth-order valence-corrected chi connectivity index (χ4v) is 1.60. The van der Waals surface area contributed by atoms with Crippen LogP contribution in [0.15, 0.2) is 18.2 Å². The molecule has 88 valence electrons. The van der Waals surface area contributed by atoms with Crippen molar-refractivity contribution in [2.75, 3.05) is 5.32 Å². The van der Waals surface area contributed by atoms with Gasteiger partial charge in [-0.05, 0) is 30.9 Å². The molecule has 0 bridgehead atoms. The van der Waals surface area contributed by atoms with Gasteiger partial charge in [-0.2, -0.15) is 0 Å². The molecule has 1 aromatic rings. The first-order valence-corrected chi connectivity index (χ1v) is 5.75. The zero-order chi connectivity index (χ0) is 12.1. The van der Waals surface area contributed by atoms with Crippen molar-refractivity contribution in [2.24, 2.45) is 5.73 Å². The topological polar surface area (TPSA) is 55.1 Å². The molecular weight excluding hydrogens is 200 g/mol. The summed E-state index contributed by atoms with van der Waals surface area (Å²) in [6, 6.07) is 5.60. The van der Waals surface area contributed by atoms with Gasteiger partial charge in [0.15, 0.2) is 0 Å². The third kappa shape index (κ3) is 2.83. The normalized spacial score (nSPS) is 12.2. The van der Waals surface area contributed by atoms with Crippen LogP contribution in [-0.2, 0) is 11.2 Å². The van der Waals surface area contributed by atoms with Crippen LogP contribution in [0.3, 0.4) is 0 Å². The minimum Gasteiger partial charge on any atom is -0.324 e. The van der Waals surface area contributed by atoms with Crippen molar-refractivity contribution in [1.82, 2.24) is 0 Å². The van der Waals surface area contributed by atoms with Gasteiger partial charge in [0.05, 0.1) is 6.04 Å². The van der Waals surface area contributed by atoms with E-state index in [-0.39, 0.29) is 5.91 Å². The Bertz CT molecular complexity index is 374. The first kappa shape index (κ1) is 12.7. The van der Waals surface area contributed by atoms with Gasteiger partial charge in [-0.1, -0.05) is 32.0 Å². The number of carbonyl (C=O) groups excluding carboxylic acids is 1. The van der Waals surface area contributed by atoms with E-state index in [2.05, 4.69) is 12.2 Å². The average molecular weight is 220 g/mol. The zero-order valence-electron chi connectivity index (χ0n) is 10.2. The number of aryl methyl sites for hydroxylation is 2. The molecule has 0 aliphatic heterocycles. The van der Waals surface area contributed by atoms with Crippen LogP contribution in [0, 0.1) is 6.92 Å². The third-order valence-corrected chi connectivity index (χ3v) is 2.76. The molecule has 16 heavy (non-hydrogen) atoms. The predicted molar refractivity (Wildman–Crippen MR) is 67.5 cm³/mol. The summed E-state index contributed by atoms with van der Waals surface area (Å²) in [5.74, 6) is -0.105. The summed E-state index contributed by atoms with van der Waals surface area (Å²) in [4.78, 5) is 11.7. The first-order valence-electron chi connectivity index (χ1n) is 5.75. The van der Waals surface area contributed by atoms with Crippen LogP contribution in [0.25, 0.3) is 0 Å². The maximum absolute atomic E-state index is 11.7. The van der Waals surface area contributed by atoms with Crippen LogP contribution in [0.1, 0.15) is 31.4 Å². The molecule has 1 atom stereocenters. The van der Waals surface area contributed by atoms with Crippen molar-refractivity contribution in [1.29, 1.82) is 0 Å². The lowest BCUT2D eigenvalue weighted by molar-refractivity contribution is -0.117. The summed E-state index contributed by atoms with van der Waals surface area (Å²) in [5.41, 5.74) is 8.84. The molecule has 1 amide bonds. The standard InChI is InChI=1S/C13H20N2O/c1-4-10-8-6-7-9(3)12(10)15-13(16)11(14)5-2/h6-8,11H,4-5,14H2,1-3H3,(H,15,16)/t11-/m0/s1. The molecule has 0 heterocycles. The fourth-order valence-electron chi connectivity index (χ4n) is 1.60. The van der Waals surface area contributed by atoms with E-state index < -0.39 is 6.04 Å². The Morgan fingerprint density at radius 2 is 2.12 bits per heavy atom. The Kier molecular flexibility index (Phi) is 4.50. The van der Waals surface area contributed by atoms with Crippen LogP contribution in [0.2, 0.25) is 0 Å². The summed E-state index contributed by atoms with van der Waals surface area (Å²) in [5, 5.41) is 2.92. The monoisotopic (exact) mass is 220 g/mol. The molecule has 3 N–H and O–H groups in total. The highest BCUT2D eigenvalue weighted by Gasteiger charge is 2.13. The van der Waals surface area contributed by atoms with Crippen LogP contribution in [0.4, 0.5) is 5.69 Å². The molecule has 0 radical (unpaired) electrons. The molecule has 0 aliphatic rings. The molecule has 3 nitrogen and oxygen atoms in total. The third-order valence-electron chi connectivity index (χ3n) is 2.76. The highest BCUT2D eigenvalue weighted by Crippen LogP contribution is 2.21. The lowest BCUT2D eigenvalue weighted by Crippen LogP contribution is -2.35. The van der Waals surface area contributed by atoms with Gasteiger partial charge in [0.2, 0.25) is 5.91 Å². The largest absolute Gasteiger partial charge is 0.324 e. The number of anilines is 1. The van der Waals surface area contributed by atoms with Crippen LogP contribution in [0.5, 0.6) is 0 Å². The van der Waals surface area contributed by atoms with Crippen molar-refractivity contribution in [2.45, 2.75) is 39.7 Å². The van der Waals surface area contributed by atoms with E-state index in [1.165, 1.54) is 0 Å². The van der Waals surface area contributed by atoms with E-state index in [9.17, 15) is 4.79 Å². The van der Waals surface area contributed by atoms with Crippen LogP contribution in [-0.4, -0.2) is 11.9 Å². The number of carbonyl (C=O) groups is 1. The minimum atomic E-state index is -0.427. The number of hydrogen-bond acceptors (Lipinski definition) is 2. The Labute approximate surface area is 97.0 Å². The van der Waals surface area contributed by atoms with Gasteiger partial charge < -0.3 is 11.1 Å². The van der Waals surface area contributed by atoms with Crippen molar-refractivity contribution >= 4 is 11.6 Å². The van der Waals surface area contributed by atoms with E-state index in [1.54, 1.807) is 0 Å². The summed E-state index contributed by atoms with van der Waals surface area (Å²) >= 11 is 0. The average Bonchev–Trinajstić information content (AvgIpc) is 2.30. The lowest BCUT2D eigenvalue weighted by Gasteiger charge is -2.15. The zero-order valence-corrected chi connectivity index (χ0v) is 10.2. The number of para-hydroxylation sites is 1. The minimum absolute atomic E-state index is 0.105. The molecule has 0 saturated heterocycles. The van der Waals surface area contributed by atoms with E-state index >= 15 is 0 Å². The number of amides is 1. The number of nitrogens with two attached hydrogens (primary N) is 1. The fraction of sp³-hybridized carbons (Fsp3) is 0.462. The van der Waals surface area contributed by atoms with Gasteiger partial charge >= 0.3 is 0 Å². The quantitative estimate of drug-likeness (QED) is 0.817. The second-order valence-corrected chi connectivity index (χ2v) is 3.97. The summed E-state index contributed by atoms with van der Waals surface area (Å²) in [7, 11) is 0. The molecule has 1 rings (SSSR count). The summed E-state index contributed by atoms with van der Waals surface area (Å²) in [6.45, 7) is 5.97. The van der Waals surface area contributed by atoms with Gasteiger partial charge in [0, 0.05) is 5.69 Å². The Morgan fingerprint density at radius 3 is 2.69 bits per heavy atom. The van der Waals surface area contributed by atoms with Gasteiger partial charge in [-0.25, -0.2) is 0 Å². The maximum Gasteiger partial charge on any atom is 0.241 e. The predicted octanol–water partition coefficient (Wildman–Crippen LogP) is 2.23. The maximum atomic E-state index is 11.7. The molecule has 0 unspecified atom stereocenters. The highest BCUT2D eigenvalue weighted by molar-refractivity contribution is 5.95. The van der Waals surface area contributed by atoms with Gasteiger partial charge in [0.1, 0.15) is 0 Å². The molecule has 1 aromatic carbocycles. The summed E-state index contributed by atoms with van der Waals surface area (Å²) < 4.78 is 0. The molecule has 0 saturated carbocycles. The van der Waals surface area contributed by atoms with E-state index in [0.717, 1.165) is 23.2 Å². The van der Waals surface area contributed by atoms with Crippen molar-refractivity contribution < 1.29 is 4.79 Å². The Morgan fingerprint density at radius 1 is 1.44 bits per heavy atom. The second kappa shape index (κ2) is 5.66. The van der Waals surface area contributed by atoms with Crippen molar-refractivity contribution in [3.63, 3.8) is 0 Å². The first-order chi connectivity index (χ1) is 7.60. The molecule has 0 spiro atoms. The van der Waals surface area contributed by atoms with Crippen molar-refractivity contribution in [3.05, 3.63) is 29.3 Å². The highest BCUT2D eigenvalue weighted by atomic mass is 16.2. The van der Waals surface area contributed by atoms with Crippen LogP contribution < -0.4 is 11.1 Å². The molecular formula is C13H20N2O. The molecule has 3 heteroatoms. The number of hydrogen-bond donors (Lipinski definition) is 2. The van der Waals surface area contributed by atoms with E-state index in [1.807, 2.05) is 32.0 Å². The molecule has 0 aromatic heterocycles. The number of nitrogens with one attached hydrogen (secondary N) is 1. The number of benzene rings is 1. The van der Waals surface area contributed by atoms with Crippen molar-refractivity contribution in [3.8, 4) is 0 Å². The Balaban J connectivity index is 2.92. The van der Waals surface area contributed by atoms with Gasteiger partial charge in [-0.15, -0.1) is 0 Å². The molecule has 0 fully saturated rings. The van der Waals surface area contributed by atoms with Crippen LogP contribution >= 0.6 is 0 Å². The molecule has 0 aliphatic carbocycles. The van der Waals surface area contributed by atoms with Gasteiger partial charge in [0.25, 0.3) is 0 Å². The number of rotatable bonds is 4. The van der Waals surface area contributed by atoms with Gasteiger partial charge in [-0.3, -0.25) is 4.79 Å².